The van der Waals surface area contributed by atoms with Crippen molar-refractivity contribution in [1.29, 1.82) is 0 Å². The normalized spacial score (nSPS) is 24.4. The van der Waals surface area contributed by atoms with E-state index in [9.17, 15) is 9.59 Å². The second kappa shape index (κ2) is 7.36. The number of rotatable bonds is 4. The molecule has 132 valence electrons. The second-order valence-electron chi connectivity index (χ2n) is 7.42. The highest BCUT2D eigenvalue weighted by molar-refractivity contribution is 5.95. The fourth-order valence-corrected chi connectivity index (χ4v) is 3.89. The second-order valence-corrected chi connectivity index (χ2v) is 7.42. The molecule has 2 aliphatic rings. The van der Waals surface area contributed by atoms with Crippen molar-refractivity contribution in [2.45, 2.75) is 64.3 Å². The average molecular weight is 332 g/mol. The van der Waals surface area contributed by atoms with Crippen molar-refractivity contribution in [3.63, 3.8) is 0 Å². The molecule has 1 aliphatic carbocycles. The lowest BCUT2D eigenvalue weighted by molar-refractivity contribution is -0.136. The van der Waals surface area contributed by atoms with E-state index in [4.69, 9.17) is 0 Å². The van der Waals surface area contributed by atoms with Crippen LogP contribution in [0.15, 0.2) is 6.20 Å². The number of H-pyrrole nitrogens is 1. The molecule has 6 heteroatoms. The van der Waals surface area contributed by atoms with E-state index < -0.39 is 0 Å². The number of hydrogen-bond donors (Lipinski definition) is 2. The van der Waals surface area contributed by atoms with Crippen LogP contribution >= 0.6 is 0 Å². The molecule has 1 aromatic rings. The molecule has 24 heavy (non-hydrogen) atoms. The van der Waals surface area contributed by atoms with E-state index in [0.717, 1.165) is 50.9 Å². The van der Waals surface area contributed by atoms with Crippen molar-refractivity contribution in [2.75, 3.05) is 13.1 Å². The van der Waals surface area contributed by atoms with Crippen molar-refractivity contribution in [3.8, 4) is 0 Å². The van der Waals surface area contributed by atoms with Crippen LogP contribution in [0.5, 0.6) is 0 Å². The standard InChI is InChI=1S/C18H28N4O2/c1-12(2)16-15(11-19-21-16)17(23)20-14-7-6-13(10-14)18(24)22-8-4-3-5-9-22/h11-14H,3-10H2,1-2H3,(H,19,21)(H,20,23)/t13-,14+/m1/s1. The molecular formula is C18H28N4O2. The van der Waals surface area contributed by atoms with Gasteiger partial charge >= 0.3 is 0 Å². The number of aromatic nitrogens is 2. The van der Waals surface area contributed by atoms with Crippen LogP contribution in [-0.2, 0) is 4.79 Å². The third-order valence-corrected chi connectivity index (χ3v) is 5.28. The third-order valence-electron chi connectivity index (χ3n) is 5.28. The van der Waals surface area contributed by atoms with Gasteiger partial charge in [-0.25, -0.2) is 0 Å². The Balaban J connectivity index is 1.55. The maximum absolute atomic E-state index is 12.6. The lowest BCUT2D eigenvalue weighted by Gasteiger charge is -2.29. The molecule has 1 aliphatic heterocycles. The van der Waals surface area contributed by atoms with Crippen LogP contribution in [0.2, 0.25) is 0 Å². The number of aromatic amines is 1. The van der Waals surface area contributed by atoms with E-state index in [1.807, 2.05) is 18.7 Å². The summed E-state index contributed by atoms with van der Waals surface area (Å²) in [4.78, 5) is 27.1. The predicted octanol–water partition coefficient (Wildman–Crippen LogP) is 2.44. The quantitative estimate of drug-likeness (QED) is 0.889. The summed E-state index contributed by atoms with van der Waals surface area (Å²) < 4.78 is 0. The highest BCUT2D eigenvalue weighted by atomic mass is 16.2. The summed E-state index contributed by atoms with van der Waals surface area (Å²) in [5.74, 6) is 0.508. The van der Waals surface area contributed by atoms with Gasteiger partial charge in [0.15, 0.2) is 0 Å². The van der Waals surface area contributed by atoms with Gasteiger partial charge in [-0.05, 0) is 44.4 Å². The van der Waals surface area contributed by atoms with Crippen LogP contribution in [0.1, 0.15) is 74.3 Å². The molecule has 1 aromatic heterocycles. The molecular weight excluding hydrogens is 304 g/mol. The number of amides is 2. The summed E-state index contributed by atoms with van der Waals surface area (Å²) in [6, 6.07) is 0.0890. The van der Waals surface area contributed by atoms with E-state index in [1.165, 1.54) is 6.42 Å². The number of nitrogens with one attached hydrogen (secondary N) is 2. The Kier molecular flexibility index (Phi) is 5.21. The van der Waals surface area contributed by atoms with E-state index in [0.29, 0.717) is 5.56 Å². The maximum atomic E-state index is 12.6. The van der Waals surface area contributed by atoms with Crippen molar-refractivity contribution in [1.82, 2.24) is 20.4 Å². The monoisotopic (exact) mass is 332 g/mol. The average Bonchev–Trinajstić information content (AvgIpc) is 3.24. The molecule has 3 rings (SSSR count). The highest BCUT2D eigenvalue weighted by Crippen LogP contribution is 2.29. The zero-order chi connectivity index (χ0) is 17.1. The van der Waals surface area contributed by atoms with Gasteiger partial charge in [0, 0.05) is 25.0 Å². The van der Waals surface area contributed by atoms with E-state index in [2.05, 4.69) is 15.5 Å². The minimum absolute atomic E-state index is 0.0716. The van der Waals surface area contributed by atoms with Gasteiger partial charge in [0.25, 0.3) is 5.91 Å². The minimum Gasteiger partial charge on any atom is -0.349 e. The molecule has 2 amide bonds. The van der Waals surface area contributed by atoms with Crippen LogP contribution in [0, 0.1) is 5.92 Å². The lowest BCUT2D eigenvalue weighted by Crippen LogP contribution is -2.40. The van der Waals surface area contributed by atoms with Gasteiger partial charge in [-0.1, -0.05) is 13.8 Å². The van der Waals surface area contributed by atoms with Crippen LogP contribution in [0.25, 0.3) is 0 Å². The molecule has 0 radical (unpaired) electrons. The zero-order valence-electron chi connectivity index (χ0n) is 14.7. The van der Waals surface area contributed by atoms with Crippen molar-refractivity contribution in [2.24, 2.45) is 5.92 Å². The Labute approximate surface area is 143 Å². The van der Waals surface area contributed by atoms with Crippen LogP contribution in [-0.4, -0.2) is 46.0 Å². The molecule has 0 unspecified atom stereocenters. The number of nitrogens with zero attached hydrogens (tertiary/aromatic N) is 2. The van der Waals surface area contributed by atoms with Crippen LogP contribution in [0.3, 0.4) is 0 Å². The Morgan fingerprint density at radius 2 is 2.00 bits per heavy atom. The molecule has 0 bridgehead atoms. The van der Waals surface area contributed by atoms with Gasteiger partial charge in [0.2, 0.25) is 5.91 Å². The van der Waals surface area contributed by atoms with Crippen LogP contribution < -0.4 is 5.32 Å². The van der Waals surface area contributed by atoms with Gasteiger partial charge in [0.05, 0.1) is 17.5 Å². The zero-order valence-corrected chi connectivity index (χ0v) is 14.7. The number of hydrogen-bond acceptors (Lipinski definition) is 3. The summed E-state index contributed by atoms with van der Waals surface area (Å²) >= 11 is 0. The van der Waals surface area contributed by atoms with Gasteiger partial charge in [0.1, 0.15) is 0 Å². The Morgan fingerprint density at radius 1 is 1.25 bits per heavy atom. The smallest absolute Gasteiger partial charge is 0.254 e. The molecule has 6 nitrogen and oxygen atoms in total. The molecule has 0 spiro atoms. The summed E-state index contributed by atoms with van der Waals surface area (Å²) in [6.45, 7) is 5.87. The molecule has 2 atom stereocenters. The third kappa shape index (κ3) is 3.62. The largest absolute Gasteiger partial charge is 0.349 e. The molecule has 1 saturated heterocycles. The van der Waals surface area contributed by atoms with E-state index in [1.54, 1.807) is 6.20 Å². The van der Waals surface area contributed by atoms with E-state index in [-0.39, 0.29) is 29.7 Å². The SMILES string of the molecule is CC(C)c1[nH]ncc1C(=O)N[C@H]1CC[C@@H](C(=O)N2CCCCC2)C1. The number of likely N-dealkylation sites (tertiary alicyclic amines) is 1. The Hall–Kier alpha value is -1.85. The minimum atomic E-state index is -0.0801. The summed E-state index contributed by atoms with van der Waals surface area (Å²) in [7, 11) is 0. The number of carbonyl (C=O) groups is 2. The first-order valence-corrected chi connectivity index (χ1v) is 9.19. The van der Waals surface area contributed by atoms with Crippen molar-refractivity contribution in [3.05, 3.63) is 17.5 Å². The topological polar surface area (TPSA) is 78.1 Å². The Morgan fingerprint density at radius 3 is 2.71 bits per heavy atom. The van der Waals surface area contributed by atoms with Crippen molar-refractivity contribution >= 4 is 11.8 Å². The summed E-state index contributed by atoms with van der Waals surface area (Å²) in [5.41, 5.74) is 1.49. The van der Waals surface area contributed by atoms with E-state index >= 15 is 0 Å². The molecule has 0 aromatic carbocycles. The fourth-order valence-electron chi connectivity index (χ4n) is 3.89. The molecule has 2 N–H and O–H groups in total. The highest BCUT2D eigenvalue weighted by Gasteiger charge is 2.34. The molecule has 1 saturated carbocycles. The first-order chi connectivity index (χ1) is 11.6. The van der Waals surface area contributed by atoms with Crippen molar-refractivity contribution < 1.29 is 9.59 Å². The summed E-state index contributed by atoms with van der Waals surface area (Å²) in [6.07, 6.45) is 7.59. The maximum Gasteiger partial charge on any atom is 0.254 e. The van der Waals surface area contributed by atoms with Gasteiger partial charge in [-0.2, -0.15) is 5.10 Å². The predicted molar refractivity (Wildman–Crippen MR) is 91.7 cm³/mol. The van der Waals surface area contributed by atoms with Gasteiger partial charge in [-0.15, -0.1) is 0 Å². The number of piperidine rings is 1. The summed E-state index contributed by atoms with van der Waals surface area (Å²) in [5, 5.41) is 10.0. The Bertz CT molecular complexity index is 590. The number of carbonyl (C=O) groups excluding carboxylic acids is 2. The van der Waals surface area contributed by atoms with Crippen LogP contribution in [0.4, 0.5) is 0 Å². The lowest BCUT2D eigenvalue weighted by atomic mass is 10.0. The molecule has 2 fully saturated rings. The molecule has 2 heterocycles. The van der Waals surface area contributed by atoms with Gasteiger partial charge < -0.3 is 10.2 Å². The first kappa shape index (κ1) is 17.0. The first-order valence-electron chi connectivity index (χ1n) is 9.19. The fraction of sp³-hybridized carbons (Fsp3) is 0.722. The van der Waals surface area contributed by atoms with Gasteiger partial charge in [-0.3, -0.25) is 14.7 Å².